The van der Waals surface area contributed by atoms with E-state index in [0.29, 0.717) is 5.92 Å². The van der Waals surface area contributed by atoms with Crippen LogP contribution in [0.1, 0.15) is 35.2 Å². The molecule has 0 amide bonds. The largest absolute Gasteiger partial charge is 0.493 e. The molecule has 106 valence electrons. The Labute approximate surface area is 127 Å². The van der Waals surface area contributed by atoms with E-state index in [2.05, 4.69) is 17.6 Å². The second-order valence-electron chi connectivity index (χ2n) is 4.96. The summed E-state index contributed by atoms with van der Waals surface area (Å²) in [5, 5.41) is 2.79. The quantitative estimate of drug-likeness (QED) is 0.666. The third kappa shape index (κ3) is 2.69. The lowest BCUT2D eigenvalue weighted by atomic mass is 9.87. The van der Waals surface area contributed by atoms with Crippen LogP contribution in [0.4, 0.5) is 0 Å². The first kappa shape index (κ1) is 13.9. The fourth-order valence-corrected chi connectivity index (χ4v) is 4.01. The Hall–Kier alpha value is -1.07. The summed E-state index contributed by atoms with van der Waals surface area (Å²) < 4.78 is 5.71. The van der Waals surface area contributed by atoms with Gasteiger partial charge in [0.25, 0.3) is 0 Å². The van der Waals surface area contributed by atoms with Crippen LogP contribution in [0.15, 0.2) is 35.7 Å². The molecule has 0 spiro atoms. The maximum Gasteiger partial charge on any atom is 0.122 e. The standard InChI is InChI=1S/C15H17ClN2OS/c16-12-6-8-20-15(12)13(18-17)9-10-5-7-19-14-4-2-1-3-11(10)14/h1-4,6,8,10,13,18H,5,7,9,17H2. The average molecular weight is 309 g/mol. The van der Waals surface area contributed by atoms with Gasteiger partial charge in [-0.3, -0.25) is 11.3 Å². The van der Waals surface area contributed by atoms with Crippen molar-refractivity contribution in [1.82, 2.24) is 5.43 Å². The molecule has 5 heteroatoms. The number of hydrogen-bond acceptors (Lipinski definition) is 4. The number of nitrogens with two attached hydrogens (primary N) is 1. The van der Waals surface area contributed by atoms with Gasteiger partial charge < -0.3 is 4.74 Å². The number of thiophene rings is 1. The van der Waals surface area contributed by atoms with Crippen molar-refractivity contribution >= 4 is 22.9 Å². The SMILES string of the molecule is NNC(CC1CCOc2ccccc21)c1sccc1Cl. The zero-order valence-electron chi connectivity index (χ0n) is 11.0. The van der Waals surface area contributed by atoms with Crippen molar-refractivity contribution in [2.24, 2.45) is 5.84 Å². The van der Waals surface area contributed by atoms with Crippen molar-refractivity contribution < 1.29 is 4.74 Å². The highest BCUT2D eigenvalue weighted by molar-refractivity contribution is 7.10. The summed E-state index contributed by atoms with van der Waals surface area (Å²) in [6.07, 6.45) is 1.94. The van der Waals surface area contributed by atoms with Gasteiger partial charge in [-0.15, -0.1) is 11.3 Å². The number of hydrogen-bond donors (Lipinski definition) is 2. The molecule has 0 saturated heterocycles. The lowest BCUT2D eigenvalue weighted by Gasteiger charge is -2.28. The fourth-order valence-electron chi connectivity index (χ4n) is 2.75. The first-order chi connectivity index (χ1) is 9.79. The van der Waals surface area contributed by atoms with Gasteiger partial charge in [-0.05, 0) is 41.8 Å². The number of benzene rings is 1. The van der Waals surface area contributed by atoms with E-state index in [1.807, 2.05) is 23.6 Å². The molecule has 0 radical (unpaired) electrons. The van der Waals surface area contributed by atoms with Crippen molar-refractivity contribution in [2.45, 2.75) is 24.8 Å². The van der Waals surface area contributed by atoms with E-state index in [4.69, 9.17) is 22.2 Å². The van der Waals surface area contributed by atoms with Gasteiger partial charge in [0.2, 0.25) is 0 Å². The second-order valence-corrected chi connectivity index (χ2v) is 6.31. The summed E-state index contributed by atoms with van der Waals surface area (Å²) in [6, 6.07) is 10.2. The minimum atomic E-state index is 0.0821. The predicted octanol–water partition coefficient (Wildman–Crippen LogP) is 3.86. The summed E-state index contributed by atoms with van der Waals surface area (Å²) in [7, 11) is 0. The number of para-hydroxylation sites is 1. The van der Waals surface area contributed by atoms with Crippen LogP contribution in [0, 0.1) is 0 Å². The molecule has 1 aromatic heterocycles. The first-order valence-electron chi connectivity index (χ1n) is 6.70. The van der Waals surface area contributed by atoms with Crippen LogP contribution in [-0.2, 0) is 0 Å². The van der Waals surface area contributed by atoms with Crippen LogP contribution in [0.2, 0.25) is 5.02 Å². The highest BCUT2D eigenvalue weighted by Gasteiger charge is 2.26. The lowest BCUT2D eigenvalue weighted by Crippen LogP contribution is -2.30. The molecule has 0 aliphatic carbocycles. The van der Waals surface area contributed by atoms with Crippen LogP contribution in [0.3, 0.4) is 0 Å². The smallest absolute Gasteiger partial charge is 0.122 e. The molecular weight excluding hydrogens is 292 g/mol. The maximum atomic E-state index is 6.22. The van der Waals surface area contributed by atoms with Gasteiger partial charge in [0.05, 0.1) is 17.7 Å². The summed E-state index contributed by atoms with van der Waals surface area (Å²) in [6.45, 7) is 0.761. The molecule has 2 heterocycles. The Morgan fingerprint density at radius 3 is 3.00 bits per heavy atom. The molecule has 0 bridgehead atoms. The maximum absolute atomic E-state index is 6.22. The summed E-state index contributed by atoms with van der Waals surface area (Å²) >= 11 is 7.87. The Balaban J connectivity index is 1.82. The van der Waals surface area contributed by atoms with Crippen molar-refractivity contribution in [1.29, 1.82) is 0 Å². The van der Waals surface area contributed by atoms with E-state index >= 15 is 0 Å². The van der Waals surface area contributed by atoms with Gasteiger partial charge in [-0.2, -0.15) is 0 Å². The summed E-state index contributed by atoms with van der Waals surface area (Å²) in [5.41, 5.74) is 4.18. The van der Waals surface area contributed by atoms with Crippen molar-refractivity contribution in [2.75, 3.05) is 6.61 Å². The van der Waals surface area contributed by atoms with E-state index in [1.54, 1.807) is 11.3 Å². The number of rotatable bonds is 4. The van der Waals surface area contributed by atoms with E-state index in [0.717, 1.165) is 35.1 Å². The Morgan fingerprint density at radius 1 is 1.40 bits per heavy atom. The molecule has 1 aliphatic rings. The molecule has 0 saturated carbocycles. The topological polar surface area (TPSA) is 47.3 Å². The number of fused-ring (bicyclic) bond motifs is 1. The molecule has 0 fully saturated rings. The Kier molecular flexibility index (Phi) is 4.27. The van der Waals surface area contributed by atoms with Crippen LogP contribution < -0.4 is 16.0 Å². The molecule has 2 atom stereocenters. The molecule has 3 nitrogen and oxygen atoms in total. The van der Waals surface area contributed by atoms with Crippen molar-refractivity contribution in [3.63, 3.8) is 0 Å². The van der Waals surface area contributed by atoms with E-state index in [9.17, 15) is 0 Å². The van der Waals surface area contributed by atoms with Gasteiger partial charge in [0.1, 0.15) is 5.75 Å². The van der Waals surface area contributed by atoms with Gasteiger partial charge in [0, 0.05) is 4.88 Å². The summed E-state index contributed by atoms with van der Waals surface area (Å²) in [4.78, 5) is 1.11. The van der Waals surface area contributed by atoms with Crippen LogP contribution >= 0.6 is 22.9 Å². The average Bonchev–Trinajstić information content (AvgIpc) is 2.91. The van der Waals surface area contributed by atoms with Gasteiger partial charge in [-0.25, -0.2) is 0 Å². The normalized spacial score (nSPS) is 19.2. The molecule has 3 rings (SSSR count). The Morgan fingerprint density at radius 2 is 2.25 bits per heavy atom. The van der Waals surface area contributed by atoms with Crippen molar-refractivity contribution in [3.05, 3.63) is 51.2 Å². The number of ether oxygens (including phenoxy) is 1. The van der Waals surface area contributed by atoms with Crippen LogP contribution in [0.5, 0.6) is 5.75 Å². The minimum absolute atomic E-state index is 0.0821. The summed E-state index contributed by atoms with van der Waals surface area (Å²) in [5.74, 6) is 7.18. The highest BCUT2D eigenvalue weighted by atomic mass is 35.5. The third-order valence-corrected chi connectivity index (χ3v) is 5.24. The van der Waals surface area contributed by atoms with Crippen LogP contribution in [-0.4, -0.2) is 6.61 Å². The molecule has 2 unspecified atom stereocenters. The van der Waals surface area contributed by atoms with E-state index in [-0.39, 0.29) is 6.04 Å². The van der Waals surface area contributed by atoms with Gasteiger partial charge in [0.15, 0.2) is 0 Å². The van der Waals surface area contributed by atoms with Crippen molar-refractivity contribution in [3.8, 4) is 5.75 Å². The molecule has 2 aromatic rings. The number of hydrazine groups is 1. The molecule has 3 N–H and O–H groups in total. The highest BCUT2D eigenvalue weighted by Crippen LogP contribution is 2.40. The molecule has 1 aromatic carbocycles. The third-order valence-electron chi connectivity index (χ3n) is 3.77. The fraction of sp³-hybridized carbons (Fsp3) is 0.333. The predicted molar refractivity (Wildman–Crippen MR) is 83.3 cm³/mol. The minimum Gasteiger partial charge on any atom is -0.493 e. The molecular formula is C15H17ClN2OS. The van der Waals surface area contributed by atoms with E-state index < -0.39 is 0 Å². The zero-order valence-corrected chi connectivity index (χ0v) is 12.6. The zero-order chi connectivity index (χ0) is 13.9. The van der Waals surface area contributed by atoms with E-state index in [1.165, 1.54) is 5.56 Å². The lowest BCUT2D eigenvalue weighted by molar-refractivity contribution is 0.255. The first-order valence-corrected chi connectivity index (χ1v) is 7.96. The number of halogens is 1. The van der Waals surface area contributed by atoms with Gasteiger partial charge >= 0.3 is 0 Å². The van der Waals surface area contributed by atoms with Gasteiger partial charge in [-0.1, -0.05) is 29.8 Å². The Bertz CT molecular complexity index is 587. The second kappa shape index (κ2) is 6.14. The van der Waals surface area contributed by atoms with Crippen LogP contribution in [0.25, 0.3) is 0 Å². The monoisotopic (exact) mass is 308 g/mol. The molecule has 1 aliphatic heterocycles. The molecule has 20 heavy (non-hydrogen) atoms. The number of nitrogens with one attached hydrogen (secondary N) is 1.